The van der Waals surface area contributed by atoms with Crippen molar-refractivity contribution in [3.05, 3.63) is 24.3 Å². The van der Waals surface area contributed by atoms with Crippen LogP contribution in [0.3, 0.4) is 0 Å². The molecule has 0 radical (unpaired) electrons. The largest absolute Gasteiger partial charge is 0.423 e. The first-order valence-electron chi connectivity index (χ1n) is 6.17. The van der Waals surface area contributed by atoms with E-state index < -0.39 is 0 Å². The van der Waals surface area contributed by atoms with Crippen LogP contribution in [0.25, 0.3) is 11.1 Å². The van der Waals surface area contributed by atoms with Gasteiger partial charge in [-0.3, -0.25) is 0 Å². The highest BCUT2D eigenvalue weighted by atomic mass is 16.4. The number of rotatable bonds is 2. The normalized spacial score (nSPS) is 21.0. The number of aromatic nitrogens is 1. The van der Waals surface area contributed by atoms with E-state index in [1.165, 1.54) is 12.8 Å². The van der Waals surface area contributed by atoms with Crippen molar-refractivity contribution in [2.75, 3.05) is 24.5 Å². The van der Waals surface area contributed by atoms with E-state index in [4.69, 9.17) is 10.2 Å². The van der Waals surface area contributed by atoms with Gasteiger partial charge in [0.25, 0.3) is 6.01 Å². The van der Waals surface area contributed by atoms with Gasteiger partial charge in [-0.1, -0.05) is 12.1 Å². The number of para-hydroxylation sites is 2. The highest BCUT2D eigenvalue weighted by molar-refractivity contribution is 5.74. The molecule has 0 unspecified atom stereocenters. The van der Waals surface area contributed by atoms with Crippen LogP contribution in [0.5, 0.6) is 0 Å². The Balaban J connectivity index is 1.87. The first-order valence-corrected chi connectivity index (χ1v) is 6.17. The minimum atomic E-state index is 0.568. The summed E-state index contributed by atoms with van der Waals surface area (Å²) in [5, 5.41) is 0. The zero-order valence-corrected chi connectivity index (χ0v) is 9.80. The number of anilines is 1. The lowest BCUT2D eigenvalue weighted by Gasteiger charge is -2.30. The fourth-order valence-corrected chi connectivity index (χ4v) is 2.43. The van der Waals surface area contributed by atoms with E-state index in [9.17, 15) is 0 Å². The zero-order chi connectivity index (χ0) is 11.7. The smallest absolute Gasteiger partial charge is 0.298 e. The quantitative estimate of drug-likeness (QED) is 0.859. The molecule has 0 aliphatic carbocycles. The maximum Gasteiger partial charge on any atom is 0.298 e. The summed E-state index contributed by atoms with van der Waals surface area (Å²) < 4.78 is 5.77. The third-order valence-electron chi connectivity index (χ3n) is 3.41. The molecular formula is C13H17N3O. The van der Waals surface area contributed by atoms with Crippen LogP contribution in [-0.4, -0.2) is 24.6 Å². The number of benzene rings is 1. The molecule has 17 heavy (non-hydrogen) atoms. The number of oxazole rings is 1. The van der Waals surface area contributed by atoms with Crippen molar-refractivity contribution in [1.82, 2.24) is 4.98 Å². The molecule has 0 spiro atoms. The zero-order valence-electron chi connectivity index (χ0n) is 9.80. The summed E-state index contributed by atoms with van der Waals surface area (Å²) in [6.45, 7) is 2.73. The van der Waals surface area contributed by atoms with E-state index in [-0.39, 0.29) is 0 Å². The van der Waals surface area contributed by atoms with Crippen LogP contribution < -0.4 is 10.6 Å². The van der Waals surface area contributed by atoms with Crippen LogP contribution >= 0.6 is 0 Å². The molecule has 2 heterocycles. The third-order valence-corrected chi connectivity index (χ3v) is 3.41. The minimum absolute atomic E-state index is 0.568. The number of nitrogens with two attached hydrogens (primary N) is 1. The van der Waals surface area contributed by atoms with Crippen LogP contribution in [0.4, 0.5) is 6.01 Å². The Bertz CT molecular complexity index is 475. The molecule has 2 N–H and O–H groups in total. The molecule has 0 amide bonds. The van der Waals surface area contributed by atoms with Crippen LogP contribution in [0.2, 0.25) is 0 Å². The van der Waals surface area contributed by atoms with Crippen LogP contribution in [-0.2, 0) is 0 Å². The Morgan fingerprint density at radius 2 is 2.29 bits per heavy atom. The molecule has 1 aromatic heterocycles. The van der Waals surface area contributed by atoms with Gasteiger partial charge >= 0.3 is 0 Å². The van der Waals surface area contributed by atoms with Crippen LogP contribution in [0, 0.1) is 5.92 Å². The van der Waals surface area contributed by atoms with Crippen molar-refractivity contribution in [3.8, 4) is 0 Å². The van der Waals surface area contributed by atoms with Gasteiger partial charge in [-0.2, -0.15) is 4.98 Å². The Morgan fingerprint density at radius 3 is 3.12 bits per heavy atom. The molecule has 4 nitrogen and oxygen atoms in total. The maximum absolute atomic E-state index is 5.77. The average Bonchev–Trinajstić information content (AvgIpc) is 2.82. The maximum atomic E-state index is 5.77. The van der Waals surface area contributed by atoms with Crippen molar-refractivity contribution in [3.63, 3.8) is 0 Å². The molecule has 1 fully saturated rings. The third kappa shape index (κ3) is 2.00. The number of fused-ring (bicyclic) bond motifs is 1. The number of hydrogen-bond acceptors (Lipinski definition) is 4. The van der Waals surface area contributed by atoms with Gasteiger partial charge in [0.1, 0.15) is 5.52 Å². The van der Waals surface area contributed by atoms with Crippen molar-refractivity contribution < 1.29 is 4.42 Å². The predicted octanol–water partition coefficient (Wildman–Crippen LogP) is 2.00. The first kappa shape index (κ1) is 10.6. The topological polar surface area (TPSA) is 55.3 Å². The molecule has 1 aliphatic heterocycles. The molecule has 2 aromatic rings. The van der Waals surface area contributed by atoms with Gasteiger partial charge in [0, 0.05) is 13.1 Å². The Morgan fingerprint density at radius 1 is 1.41 bits per heavy atom. The van der Waals surface area contributed by atoms with E-state index in [0.29, 0.717) is 5.92 Å². The van der Waals surface area contributed by atoms with Crippen LogP contribution in [0.1, 0.15) is 12.8 Å². The standard InChI is InChI=1S/C13H17N3O/c14-8-10-4-3-7-16(9-10)13-15-11-5-1-2-6-12(11)17-13/h1-2,5-6,10H,3-4,7-9,14H2/t10-/m0/s1. The molecule has 90 valence electrons. The summed E-state index contributed by atoms with van der Waals surface area (Å²) in [6.07, 6.45) is 2.38. The number of hydrogen-bond donors (Lipinski definition) is 1. The van der Waals surface area contributed by atoms with E-state index >= 15 is 0 Å². The highest BCUT2D eigenvalue weighted by Gasteiger charge is 2.22. The summed E-state index contributed by atoms with van der Waals surface area (Å²) in [5.41, 5.74) is 7.53. The highest BCUT2D eigenvalue weighted by Crippen LogP contribution is 2.25. The summed E-state index contributed by atoms with van der Waals surface area (Å²) >= 11 is 0. The summed E-state index contributed by atoms with van der Waals surface area (Å²) in [7, 11) is 0. The predicted molar refractivity (Wildman–Crippen MR) is 68.0 cm³/mol. The average molecular weight is 231 g/mol. The van der Waals surface area contributed by atoms with Crippen molar-refractivity contribution in [2.24, 2.45) is 11.7 Å². The molecule has 4 heteroatoms. The second-order valence-electron chi connectivity index (χ2n) is 4.65. The summed E-state index contributed by atoms with van der Waals surface area (Å²) in [6, 6.07) is 8.62. The molecule has 1 aliphatic rings. The van der Waals surface area contributed by atoms with Gasteiger partial charge in [-0.15, -0.1) is 0 Å². The lowest BCUT2D eigenvalue weighted by Crippen LogP contribution is -2.38. The fourth-order valence-electron chi connectivity index (χ4n) is 2.43. The fraction of sp³-hybridized carbons (Fsp3) is 0.462. The second kappa shape index (κ2) is 4.37. The molecular weight excluding hydrogens is 214 g/mol. The lowest BCUT2D eigenvalue weighted by atomic mass is 9.99. The van der Waals surface area contributed by atoms with Crippen molar-refractivity contribution in [2.45, 2.75) is 12.8 Å². The van der Waals surface area contributed by atoms with E-state index in [2.05, 4.69) is 9.88 Å². The first-order chi connectivity index (χ1) is 8.36. The van der Waals surface area contributed by atoms with Gasteiger partial charge in [0.2, 0.25) is 0 Å². The Labute approximate surface area is 100 Å². The van der Waals surface area contributed by atoms with Gasteiger partial charge in [-0.05, 0) is 37.4 Å². The van der Waals surface area contributed by atoms with Gasteiger partial charge in [0.15, 0.2) is 5.58 Å². The van der Waals surface area contributed by atoms with Gasteiger partial charge in [-0.25, -0.2) is 0 Å². The van der Waals surface area contributed by atoms with Gasteiger partial charge in [0.05, 0.1) is 0 Å². The second-order valence-corrected chi connectivity index (χ2v) is 4.65. The molecule has 1 saturated heterocycles. The summed E-state index contributed by atoms with van der Waals surface area (Å²) in [4.78, 5) is 6.73. The van der Waals surface area contributed by atoms with E-state index in [0.717, 1.165) is 36.7 Å². The SMILES string of the molecule is NC[C@@H]1CCCN(c2nc3ccccc3o2)C1. The molecule has 3 rings (SSSR count). The van der Waals surface area contributed by atoms with Crippen molar-refractivity contribution >= 4 is 17.1 Å². The Hall–Kier alpha value is -1.55. The monoisotopic (exact) mass is 231 g/mol. The molecule has 1 aromatic carbocycles. The summed E-state index contributed by atoms with van der Waals surface area (Å²) in [5.74, 6) is 0.568. The van der Waals surface area contributed by atoms with E-state index in [1.54, 1.807) is 0 Å². The van der Waals surface area contributed by atoms with Crippen LogP contribution in [0.15, 0.2) is 28.7 Å². The Kier molecular flexibility index (Phi) is 2.73. The molecule has 0 saturated carbocycles. The lowest BCUT2D eigenvalue weighted by molar-refractivity contribution is 0.403. The van der Waals surface area contributed by atoms with Gasteiger partial charge < -0.3 is 15.1 Å². The number of piperidine rings is 1. The molecule has 1 atom stereocenters. The van der Waals surface area contributed by atoms with E-state index in [1.807, 2.05) is 24.3 Å². The number of nitrogens with zero attached hydrogens (tertiary/aromatic N) is 2. The minimum Gasteiger partial charge on any atom is -0.423 e. The molecule has 0 bridgehead atoms. The van der Waals surface area contributed by atoms with Crippen molar-refractivity contribution in [1.29, 1.82) is 0 Å².